The highest BCUT2D eigenvalue weighted by Gasteiger charge is 2.23. The van der Waals surface area contributed by atoms with Crippen molar-refractivity contribution in [2.75, 3.05) is 13.1 Å². The van der Waals surface area contributed by atoms with Crippen LogP contribution in [0.4, 0.5) is 0 Å². The van der Waals surface area contributed by atoms with Crippen molar-refractivity contribution >= 4 is 10.9 Å². The van der Waals surface area contributed by atoms with Gasteiger partial charge in [0.15, 0.2) is 0 Å². The maximum atomic E-state index is 6.16. The second-order valence-corrected chi connectivity index (χ2v) is 5.04. The van der Waals surface area contributed by atoms with Gasteiger partial charge in [-0.15, -0.1) is 0 Å². The summed E-state index contributed by atoms with van der Waals surface area (Å²) in [5.74, 6) is 0.883. The number of nitrogens with zero attached hydrogens (tertiary/aromatic N) is 1. The number of hydrogen-bond acceptors (Lipinski definition) is 3. The third-order valence-corrected chi connectivity index (χ3v) is 3.44. The van der Waals surface area contributed by atoms with E-state index in [9.17, 15) is 0 Å². The summed E-state index contributed by atoms with van der Waals surface area (Å²) in [6.07, 6.45) is 2.77. The van der Waals surface area contributed by atoms with Crippen LogP contribution in [0.1, 0.15) is 27.2 Å². The monoisotopic (exact) mass is 258 g/mol. The molecular weight excluding hydrogens is 236 g/mol. The molecule has 1 atom stereocenters. The molecule has 0 bridgehead atoms. The molecule has 1 unspecified atom stereocenters. The zero-order valence-electron chi connectivity index (χ0n) is 11.9. The third kappa shape index (κ3) is 3.44. The Hall–Kier alpha value is -1.61. The van der Waals surface area contributed by atoms with Crippen molar-refractivity contribution in [1.29, 1.82) is 0 Å². The summed E-state index contributed by atoms with van der Waals surface area (Å²) < 4.78 is 6.16. The van der Waals surface area contributed by atoms with Crippen molar-refractivity contribution in [3.05, 3.63) is 36.5 Å². The SMILES string of the molecule is CCNCC(C)(CC)Oc1ccc2cccnc2c1. The fraction of sp³-hybridized carbons (Fsp3) is 0.438. The van der Waals surface area contributed by atoms with Crippen LogP contribution >= 0.6 is 0 Å². The van der Waals surface area contributed by atoms with E-state index < -0.39 is 0 Å². The van der Waals surface area contributed by atoms with E-state index >= 15 is 0 Å². The second kappa shape index (κ2) is 6.02. The van der Waals surface area contributed by atoms with Gasteiger partial charge in [0.25, 0.3) is 0 Å². The van der Waals surface area contributed by atoms with Gasteiger partial charge in [-0.1, -0.05) is 19.9 Å². The highest BCUT2D eigenvalue weighted by molar-refractivity contribution is 5.79. The van der Waals surface area contributed by atoms with E-state index in [0.717, 1.165) is 36.2 Å². The molecule has 1 aromatic carbocycles. The summed E-state index contributed by atoms with van der Waals surface area (Å²) in [6.45, 7) is 8.20. The predicted molar refractivity (Wildman–Crippen MR) is 79.6 cm³/mol. The van der Waals surface area contributed by atoms with Crippen molar-refractivity contribution < 1.29 is 4.74 Å². The van der Waals surface area contributed by atoms with Crippen LogP contribution in [0.15, 0.2) is 36.5 Å². The van der Waals surface area contributed by atoms with Gasteiger partial charge in [-0.25, -0.2) is 0 Å². The van der Waals surface area contributed by atoms with E-state index in [0.29, 0.717) is 0 Å². The molecule has 3 nitrogen and oxygen atoms in total. The van der Waals surface area contributed by atoms with Crippen LogP contribution in [0.25, 0.3) is 10.9 Å². The minimum Gasteiger partial charge on any atom is -0.486 e. The number of fused-ring (bicyclic) bond motifs is 1. The quantitative estimate of drug-likeness (QED) is 0.862. The lowest BCUT2D eigenvalue weighted by atomic mass is 10.0. The summed E-state index contributed by atoms with van der Waals surface area (Å²) >= 11 is 0. The number of ether oxygens (including phenoxy) is 1. The molecular formula is C16H22N2O. The van der Waals surface area contributed by atoms with Crippen LogP contribution in [0.5, 0.6) is 5.75 Å². The van der Waals surface area contributed by atoms with Crippen LogP contribution in [-0.2, 0) is 0 Å². The van der Waals surface area contributed by atoms with Crippen molar-refractivity contribution in [3.8, 4) is 5.75 Å². The fourth-order valence-corrected chi connectivity index (χ4v) is 2.02. The Balaban J connectivity index is 2.19. The average molecular weight is 258 g/mol. The van der Waals surface area contributed by atoms with Crippen LogP contribution in [0.2, 0.25) is 0 Å². The molecule has 0 spiro atoms. The van der Waals surface area contributed by atoms with Gasteiger partial charge in [0.05, 0.1) is 5.52 Å². The highest BCUT2D eigenvalue weighted by Crippen LogP contribution is 2.24. The van der Waals surface area contributed by atoms with Crippen molar-refractivity contribution in [2.45, 2.75) is 32.8 Å². The van der Waals surface area contributed by atoms with Gasteiger partial charge in [0, 0.05) is 24.2 Å². The van der Waals surface area contributed by atoms with Gasteiger partial charge in [-0.3, -0.25) is 4.98 Å². The lowest BCUT2D eigenvalue weighted by molar-refractivity contribution is 0.0843. The van der Waals surface area contributed by atoms with Gasteiger partial charge < -0.3 is 10.1 Å². The van der Waals surface area contributed by atoms with Crippen LogP contribution in [-0.4, -0.2) is 23.7 Å². The van der Waals surface area contributed by atoms with Crippen LogP contribution in [0, 0.1) is 0 Å². The van der Waals surface area contributed by atoms with Crippen molar-refractivity contribution in [3.63, 3.8) is 0 Å². The Morgan fingerprint density at radius 1 is 1.26 bits per heavy atom. The summed E-state index contributed by atoms with van der Waals surface area (Å²) in [5.41, 5.74) is 0.792. The van der Waals surface area contributed by atoms with Crippen LogP contribution in [0.3, 0.4) is 0 Å². The molecule has 3 heteroatoms. The first-order chi connectivity index (χ1) is 9.17. The topological polar surface area (TPSA) is 34.1 Å². The lowest BCUT2D eigenvalue weighted by Crippen LogP contribution is -2.42. The molecule has 2 aromatic rings. The third-order valence-electron chi connectivity index (χ3n) is 3.44. The number of nitrogens with one attached hydrogen (secondary N) is 1. The molecule has 1 heterocycles. The zero-order valence-corrected chi connectivity index (χ0v) is 11.9. The molecule has 0 amide bonds. The molecule has 1 aromatic heterocycles. The van der Waals surface area contributed by atoms with Gasteiger partial charge in [-0.05, 0) is 38.1 Å². The summed E-state index contributed by atoms with van der Waals surface area (Å²) in [7, 11) is 0. The molecule has 0 aliphatic carbocycles. The molecule has 0 fully saturated rings. The Kier molecular flexibility index (Phi) is 4.38. The molecule has 0 radical (unpaired) electrons. The number of pyridine rings is 1. The standard InChI is InChI=1S/C16H22N2O/c1-4-16(3,12-17-5-2)19-14-9-8-13-7-6-10-18-15(13)11-14/h6-11,17H,4-5,12H2,1-3H3. The molecule has 0 aliphatic heterocycles. The largest absolute Gasteiger partial charge is 0.486 e. The van der Waals surface area contributed by atoms with Crippen LogP contribution < -0.4 is 10.1 Å². The second-order valence-electron chi connectivity index (χ2n) is 5.04. The molecule has 0 saturated carbocycles. The van der Waals surface area contributed by atoms with Crippen molar-refractivity contribution in [2.24, 2.45) is 0 Å². The Labute approximate surface area is 115 Å². The molecule has 0 saturated heterocycles. The first kappa shape index (κ1) is 13.8. The smallest absolute Gasteiger partial charge is 0.122 e. The first-order valence-corrected chi connectivity index (χ1v) is 6.91. The predicted octanol–water partition coefficient (Wildman–Crippen LogP) is 3.39. The Morgan fingerprint density at radius 2 is 2.11 bits per heavy atom. The number of aromatic nitrogens is 1. The van der Waals surface area contributed by atoms with E-state index in [4.69, 9.17) is 4.74 Å². The molecule has 2 rings (SSSR count). The lowest BCUT2D eigenvalue weighted by Gasteiger charge is -2.30. The summed E-state index contributed by atoms with van der Waals surface area (Å²) in [5, 5.41) is 4.50. The fourth-order valence-electron chi connectivity index (χ4n) is 2.02. The van der Waals surface area contributed by atoms with E-state index in [1.54, 1.807) is 0 Å². The van der Waals surface area contributed by atoms with Gasteiger partial charge in [0.2, 0.25) is 0 Å². The Morgan fingerprint density at radius 3 is 2.84 bits per heavy atom. The minimum absolute atomic E-state index is 0.182. The number of benzene rings is 1. The van der Waals surface area contributed by atoms with Gasteiger partial charge in [0.1, 0.15) is 11.4 Å². The molecule has 1 N–H and O–H groups in total. The van der Waals surface area contributed by atoms with Gasteiger partial charge in [-0.2, -0.15) is 0 Å². The number of hydrogen-bond donors (Lipinski definition) is 1. The number of rotatable bonds is 6. The van der Waals surface area contributed by atoms with E-state index in [1.165, 1.54) is 0 Å². The summed E-state index contributed by atoms with van der Waals surface area (Å²) in [6, 6.07) is 10.1. The summed E-state index contributed by atoms with van der Waals surface area (Å²) in [4.78, 5) is 4.36. The molecule has 19 heavy (non-hydrogen) atoms. The normalized spacial score (nSPS) is 14.3. The highest BCUT2D eigenvalue weighted by atomic mass is 16.5. The minimum atomic E-state index is -0.182. The van der Waals surface area contributed by atoms with Crippen molar-refractivity contribution in [1.82, 2.24) is 10.3 Å². The average Bonchev–Trinajstić information content (AvgIpc) is 2.45. The van der Waals surface area contributed by atoms with E-state index in [-0.39, 0.29) is 5.60 Å². The first-order valence-electron chi connectivity index (χ1n) is 6.91. The van der Waals surface area contributed by atoms with Gasteiger partial charge >= 0.3 is 0 Å². The molecule has 0 aliphatic rings. The Bertz CT molecular complexity index is 541. The van der Waals surface area contributed by atoms with E-state index in [2.05, 4.69) is 43.2 Å². The number of likely N-dealkylation sites (N-methyl/N-ethyl adjacent to an activating group) is 1. The maximum Gasteiger partial charge on any atom is 0.122 e. The molecule has 102 valence electrons. The zero-order chi connectivity index (χ0) is 13.7. The van der Waals surface area contributed by atoms with E-state index in [1.807, 2.05) is 24.4 Å². The maximum absolute atomic E-state index is 6.16.